The average molecular weight is 1270 g/mol. The molecule has 0 spiro atoms. The number of aliphatic hydroxyl groups excluding tert-OH is 1. The van der Waals surface area contributed by atoms with E-state index in [-0.39, 0.29) is 59.6 Å². The number of aliphatic hydroxyl groups is 1. The molecule has 4 aliphatic heterocycles. The van der Waals surface area contributed by atoms with Crippen LogP contribution in [0.2, 0.25) is 0 Å². The van der Waals surface area contributed by atoms with Crippen LogP contribution in [-0.2, 0) is 61.1 Å². The molecule has 2 unspecified atom stereocenters. The molecule has 0 radical (unpaired) electrons. The fraction of sp³-hybridized carbons (Fsp3) is 0.500. The van der Waals surface area contributed by atoms with Crippen molar-refractivity contribution in [2.45, 2.75) is 141 Å². The topological polar surface area (TPSA) is 388 Å². The van der Waals surface area contributed by atoms with Crippen LogP contribution in [-0.4, -0.2) is 129 Å². The second kappa shape index (κ2) is 29.4. The largest absolute Gasteiger partial charge is 0.513 e. The van der Waals surface area contributed by atoms with Crippen molar-refractivity contribution in [1.29, 1.82) is 0 Å². The number of carbonyl (C=O) groups is 2. The minimum Gasteiger partial charge on any atom is -0.468 e. The summed E-state index contributed by atoms with van der Waals surface area (Å²) in [6, 6.07) is 22.9. The number of nitrogens with one attached hydrogen (secondary N) is 2. The Balaban J connectivity index is 0.000000198. The van der Waals surface area contributed by atoms with E-state index < -0.39 is 116 Å². The molecule has 12 atom stereocenters. The Hall–Kier alpha value is -7.18. The number of carbonyl (C=O) groups excluding carboxylic acids is 2. The van der Waals surface area contributed by atoms with Crippen LogP contribution in [0, 0.1) is 22.0 Å². The zero-order valence-electron chi connectivity index (χ0n) is 50.0. The number of nitrogen functional groups attached to an aromatic ring is 2. The number of fused-ring (bicyclic) bond motifs is 2. The van der Waals surface area contributed by atoms with Crippen LogP contribution < -0.4 is 46.6 Å². The first kappa shape index (κ1) is 68.3. The normalized spacial score (nSPS) is 24.1. The number of benzene rings is 3. The van der Waals surface area contributed by atoms with Gasteiger partial charge in [-0.25, -0.2) is 18.7 Å². The van der Waals surface area contributed by atoms with Gasteiger partial charge in [-0.3, -0.25) is 33.4 Å². The highest BCUT2D eigenvalue weighted by Gasteiger charge is 2.58. The van der Waals surface area contributed by atoms with Gasteiger partial charge in [0.1, 0.15) is 77.6 Å². The van der Waals surface area contributed by atoms with Crippen LogP contribution in [0.4, 0.5) is 17.3 Å². The van der Waals surface area contributed by atoms with E-state index in [0.717, 1.165) is 0 Å². The molecule has 0 saturated carbocycles. The number of hydrogen-bond acceptors (Lipinski definition) is 25. The number of aromatic nitrogens is 4. The Morgan fingerprint density at radius 3 is 1.42 bits per heavy atom. The van der Waals surface area contributed by atoms with Crippen molar-refractivity contribution in [1.82, 2.24) is 29.3 Å². The van der Waals surface area contributed by atoms with Crippen LogP contribution >= 0.6 is 15.5 Å². The predicted octanol–water partition coefficient (Wildman–Crippen LogP) is 6.20. The Kier molecular flexibility index (Phi) is 22.8. The van der Waals surface area contributed by atoms with Crippen molar-refractivity contribution in [3.8, 4) is 17.2 Å². The standard InChI is InChI=1S/C25H35N4O9P.C19H23N2O7P.C12H17N3O5/c1-15(2)13-17(23(30)33-5)28-39(32,38-16-9-7-6-8-10-16)34-14-18-20-21(37-25(3,4)36-20)22(35-18)29-12-11-19(26)27-24(29)31;1-14(2)13-18(19(22)26-3)20-29(25,27-16-7-5-4-6-8-16)28-17-11-9-15(10-12-17)21(23)24;1-12(2)19-8-6(5-16)18-10(9(8)20-12)15-4-3-7(13)14-11(15)17/h6-12,15,17-18,20-22H,13-14H2,1-5H3,(H,28,32)(H2,26,27,31);4-12,14,18H,13H2,1-3H3,(H,20,25);3-4,6,8-10,16H,5H2,1-2H3,(H2,13,14,17)/t17-,18+,20+,21+,22+,39?;18-,29?;6-,8-,9-,10-/m001/s1. The number of nitrogens with two attached hydrogens (primary N) is 2. The van der Waals surface area contributed by atoms with Crippen molar-refractivity contribution >= 4 is 44.8 Å². The summed E-state index contributed by atoms with van der Waals surface area (Å²) in [5.41, 5.74) is 9.81. The van der Waals surface area contributed by atoms with Crippen LogP contribution in [0.25, 0.3) is 0 Å². The summed E-state index contributed by atoms with van der Waals surface area (Å²) >= 11 is 0. The van der Waals surface area contributed by atoms with Crippen molar-refractivity contribution in [2.24, 2.45) is 11.8 Å². The van der Waals surface area contributed by atoms with Crippen LogP contribution in [0.3, 0.4) is 0 Å². The lowest BCUT2D eigenvalue weighted by Gasteiger charge is -2.27. The zero-order valence-corrected chi connectivity index (χ0v) is 51.8. The molecule has 4 saturated heterocycles. The molecular weight excluding hydrogens is 1200 g/mol. The fourth-order valence-corrected chi connectivity index (χ4v) is 12.7. The first-order chi connectivity index (χ1) is 41.5. The molecule has 2 aromatic heterocycles. The molecule has 0 aliphatic carbocycles. The SMILES string of the molecule is CC1(C)O[C@@H]2[C@H](O1)[C@@H](CO)O[C@H]2n1ccc(N)nc1=O.COC(=O)[C@H](CC(C)C)NP(=O)(OC[C@H]1O[C@@H](n2ccc(N)nc2=O)[C@@H]2OC(C)(C)O[C@@H]21)Oc1ccccc1.COC(=O)[C@H](CC(C)C)NP(=O)(Oc1ccccc1)Oc1ccc([N+](=O)[O-])cc1. The molecule has 4 fully saturated rings. The van der Waals surface area contributed by atoms with Gasteiger partial charge < -0.3 is 68.0 Å². The molecule has 7 N–H and O–H groups in total. The summed E-state index contributed by atoms with van der Waals surface area (Å²) in [6.07, 6.45) is -1.62. The molecule has 9 rings (SSSR count). The van der Waals surface area contributed by atoms with Gasteiger partial charge >= 0.3 is 38.8 Å². The van der Waals surface area contributed by atoms with Gasteiger partial charge in [0.2, 0.25) is 0 Å². The monoisotopic (exact) mass is 1270 g/mol. The molecule has 480 valence electrons. The van der Waals surface area contributed by atoms with Crippen LogP contribution in [0.5, 0.6) is 17.2 Å². The Morgan fingerprint density at radius 1 is 0.636 bits per heavy atom. The lowest BCUT2D eigenvalue weighted by atomic mass is 10.1. The number of methoxy groups -OCH3 is 2. The maximum Gasteiger partial charge on any atom is 0.513 e. The molecule has 6 heterocycles. The number of para-hydroxylation sites is 2. The third kappa shape index (κ3) is 18.2. The van der Waals surface area contributed by atoms with Gasteiger partial charge in [0, 0.05) is 24.5 Å². The van der Waals surface area contributed by atoms with Gasteiger partial charge in [0.25, 0.3) is 5.69 Å². The van der Waals surface area contributed by atoms with Gasteiger partial charge in [0.05, 0.1) is 32.4 Å². The average Bonchev–Trinajstić information content (AvgIpc) is 1.80. The first-order valence-electron chi connectivity index (χ1n) is 27.8. The summed E-state index contributed by atoms with van der Waals surface area (Å²) in [5.74, 6) is -1.98. The Morgan fingerprint density at radius 2 is 1.02 bits per heavy atom. The molecule has 5 aromatic rings. The predicted molar refractivity (Wildman–Crippen MR) is 314 cm³/mol. The number of esters is 2. The van der Waals surface area contributed by atoms with Gasteiger partial charge in [-0.2, -0.15) is 20.1 Å². The smallest absolute Gasteiger partial charge is 0.468 e. The van der Waals surface area contributed by atoms with Gasteiger partial charge in [-0.1, -0.05) is 64.1 Å². The second-order valence-electron chi connectivity index (χ2n) is 22.1. The van der Waals surface area contributed by atoms with E-state index in [0.29, 0.717) is 12.8 Å². The van der Waals surface area contributed by atoms with E-state index in [4.69, 9.17) is 67.5 Å². The quantitative estimate of drug-likeness (QED) is 0.0210. The molecular formula is C56H75N9O21P2. The second-order valence-corrected chi connectivity index (χ2v) is 25.4. The first-order valence-corrected chi connectivity index (χ1v) is 30.9. The molecule has 30 nitrogen and oxygen atoms in total. The summed E-state index contributed by atoms with van der Waals surface area (Å²) in [6.45, 7) is 14.2. The Labute approximate surface area is 506 Å². The van der Waals surface area contributed by atoms with E-state index in [1.54, 1.807) is 88.4 Å². The summed E-state index contributed by atoms with van der Waals surface area (Å²) in [5, 5.41) is 25.6. The lowest BCUT2D eigenvalue weighted by Crippen LogP contribution is -2.39. The minimum atomic E-state index is -4.17. The summed E-state index contributed by atoms with van der Waals surface area (Å²) < 4.78 is 97.9. The number of rotatable bonds is 23. The fourth-order valence-electron chi connectivity index (χ4n) is 9.64. The maximum atomic E-state index is 14.0. The van der Waals surface area contributed by atoms with E-state index in [1.165, 1.54) is 72.1 Å². The molecule has 0 amide bonds. The minimum absolute atomic E-state index is 0.0706. The zero-order chi connectivity index (χ0) is 64.3. The van der Waals surface area contributed by atoms with Crippen LogP contribution in [0.1, 0.15) is 80.7 Å². The van der Waals surface area contributed by atoms with Gasteiger partial charge in [-0.15, -0.1) is 0 Å². The number of nitro benzene ring substituents is 1. The third-order valence-corrected chi connectivity index (χ3v) is 16.4. The Bertz CT molecular complexity index is 3380. The third-order valence-electron chi connectivity index (χ3n) is 13.3. The molecule has 3 aromatic carbocycles. The van der Waals surface area contributed by atoms with Gasteiger partial charge in [0.15, 0.2) is 24.0 Å². The summed E-state index contributed by atoms with van der Waals surface area (Å²) in [7, 11) is -5.79. The van der Waals surface area contributed by atoms with Crippen molar-refractivity contribution in [3.63, 3.8) is 0 Å². The molecule has 32 heteroatoms. The molecule has 4 aliphatic rings. The highest BCUT2D eigenvalue weighted by atomic mass is 31.2. The van der Waals surface area contributed by atoms with E-state index in [2.05, 4.69) is 20.1 Å². The van der Waals surface area contributed by atoms with E-state index >= 15 is 0 Å². The van der Waals surface area contributed by atoms with Crippen molar-refractivity contribution in [3.05, 3.63) is 141 Å². The van der Waals surface area contributed by atoms with E-state index in [1.807, 2.05) is 27.7 Å². The number of anilines is 2. The molecule has 88 heavy (non-hydrogen) atoms. The number of hydrogen-bond donors (Lipinski definition) is 5. The molecule has 0 bridgehead atoms. The van der Waals surface area contributed by atoms with Crippen molar-refractivity contribution in [2.75, 3.05) is 38.9 Å². The number of ether oxygens (including phenoxy) is 8. The number of nitro groups is 1. The maximum absolute atomic E-state index is 14.0. The highest BCUT2D eigenvalue weighted by Crippen LogP contribution is 2.50. The number of non-ortho nitro benzene ring substituents is 1. The van der Waals surface area contributed by atoms with E-state index in [9.17, 15) is 43.5 Å². The van der Waals surface area contributed by atoms with Crippen molar-refractivity contribution < 1.29 is 84.7 Å². The number of nitrogens with zero attached hydrogens (tertiary/aromatic N) is 5. The highest BCUT2D eigenvalue weighted by molar-refractivity contribution is 7.52. The summed E-state index contributed by atoms with van der Waals surface area (Å²) in [4.78, 5) is 66.8. The lowest BCUT2D eigenvalue weighted by molar-refractivity contribution is -0.384. The van der Waals surface area contributed by atoms with Crippen LogP contribution in [0.15, 0.2) is 119 Å². The van der Waals surface area contributed by atoms with Gasteiger partial charge in [-0.05, 0) is 101 Å².